The fourth-order valence-corrected chi connectivity index (χ4v) is 2.20. The average Bonchev–Trinajstić information content (AvgIpc) is 2.46. The van der Waals surface area contributed by atoms with Gasteiger partial charge in [0.2, 0.25) is 5.91 Å². The number of hydrogen-bond donors (Lipinski definition) is 2. The van der Waals surface area contributed by atoms with Gasteiger partial charge in [0, 0.05) is 24.3 Å². The molecule has 0 aliphatic rings. The molecule has 0 bridgehead atoms. The number of rotatable bonds is 6. The minimum Gasteiger partial charge on any atom is -0.381 e. The molecule has 0 aliphatic heterocycles. The van der Waals surface area contributed by atoms with Crippen LogP contribution >= 0.6 is 0 Å². The molecule has 2 rings (SSSR count). The number of carbonyl (C=O) groups excluding carboxylic acids is 1. The third-order valence-electron chi connectivity index (χ3n) is 3.36. The highest BCUT2D eigenvalue weighted by atomic mass is 16.1. The van der Waals surface area contributed by atoms with Gasteiger partial charge in [-0.05, 0) is 36.6 Å². The minimum atomic E-state index is 0.0608. The van der Waals surface area contributed by atoms with E-state index in [0.717, 1.165) is 17.9 Å². The Morgan fingerprint density at radius 2 is 1.73 bits per heavy atom. The topological polar surface area (TPSA) is 41.1 Å². The SMILES string of the molecule is Cc1ccc(CNc2cccc(NC(=O)CC(C)C)c2)cc1. The summed E-state index contributed by atoms with van der Waals surface area (Å²) in [4.78, 5) is 11.8. The van der Waals surface area contributed by atoms with Gasteiger partial charge < -0.3 is 10.6 Å². The van der Waals surface area contributed by atoms with Crippen LogP contribution in [0.5, 0.6) is 0 Å². The second-order valence-electron chi connectivity index (χ2n) is 6.07. The smallest absolute Gasteiger partial charge is 0.224 e. The van der Waals surface area contributed by atoms with Gasteiger partial charge in [-0.25, -0.2) is 0 Å². The highest BCUT2D eigenvalue weighted by Gasteiger charge is 2.05. The van der Waals surface area contributed by atoms with Crippen molar-refractivity contribution in [3.05, 3.63) is 59.7 Å². The number of anilines is 2. The van der Waals surface area contributed by atoms with E-state index in [0.29, 0.717) is 12.3 Å². The lowest BCUT2D eigenvalue weighted by Gasteiger charge is -2.10. The molecule has 3 nitrogen and oxygen atoms in total. The molecule has 0 saturated heterocycles. The largest absolute Gasteiger partial charge is 0.381 e. The molecule has 0 unspecified atom stereocenters. The number of nitrogens with one attached hydrogen (secondary N) is 2. The maximum absolute atomic E-state index is 11.8. The van der Waals surface area contributed by atoms with Crippen LogP contribution < -0.4 is 10.6 Å². The monoisotopic (exact) mass is 296 g/mol. The molecule has 2 N–H and O–H groups in total. The van der Waals surface area contributed by atoms with Gasteiger partial charge in [0.05, 0.1) is 0 Å². The van der Waals surface area contributed by atoms with E-state index in [4.69, 9.17) is 0 Å². The first kappa shape index (κ1) is 16.1. The van der Waals surface area contributed by atoms with E-state index < -0.39 is 0 Å². The van der Waals surface area contributed by atoms with Crippen LogP contribution in [0.15, 0.2) is 48.5 Å². The Morgan fingerprint density at radius 1 is 1.05 bits per heavy atom. The summed E-state index contributed by atoms with van der Waals surface area (Å²) in [6.45, 7) is 6.93. The van der Waals surface area contributed by atoms with E-state index in [1.54, 1.807) is 0 Å². The lowest BCUT2D eigenvalue weighted by Crippen LogP contribution is -2.13. The quantitative estimate of drug-likeness (QED) is 0.818. The summed E-state index contributed by atoms with van der Waals surface area (Å²) < 4.78 is 0. The molecule has 3 heteroatoms. The summed E-state index contributed by atoms with van der Waals surface area (Å²) >= 11 is 0. The van der Waals surface area contributed by atoms with Gasteiger partial charge in [-0.2, -0.15) is 0 Å². The van der Waals surface area contributed by atoms with Crippen LogP contribution in [0.3, 0.4) is 0 Å². The Labute approximate surface area is 132 Å². The molecule has 0 saturated carbocycles. The van der Waals surface area contributed by atoms with E-state index >= 15 is 0 Å². The van der Waals surface area contributed by atoms with E-state index in [-0.39, 0.29) is 5.91 Å². The number of benzene rings is 2. The molecule has 0 aromatic heterocycles. The van der Waals surface area contributed by atoms with Crippen LogP contribution in [0, 0.1) is 12.8 Å². The van der Waals surface area contributed by atoms with E-state index in [1.165, 1.54) is 11.1 Å². The van der Waals surface area contributed by atoms with Crippen molar-refractivity contribution in [2.45, 2.75) is 33.7 Å². The average molecular weight is 296 g/mol. The van der Waals surface area contributed by atoms with Crippen molar-refractivity contribution in [3.8, 4) is 0 Å². The van der Waals surface area contributed by atoms with Crippen LogP contribution in [-0.4, -0.2) is 5.91 Å². The molecular formula is C19H24N2O. The predicted octanol–water partition coefficient (Wildman–Crippen LogP) is 4.59. The maximum atomic E-state index is 11.8. The first-order chi connectivity index (χ1) is 10.5. The molecule has 0 radical (unpaired) electrons. The van der Waals surface area contributed by atoms with Gasteiger partial charge in [0.1, 0.15) is 0 Å². The highest BCUT2D eigenvalue weighted by Crippen LogP contribution is 2.17. The molecule has 0 aliphatic carbocycles. The van der Waals surface area contributed by atoms with Gasteiger partial charge >= 0.3 is 0 Å². The molecule has 2 aromatic carbocycles. The summed E-state index contributed by atoms with van der Waals surface area (Å²) in [6.07, 6.45) is 0.543. The first-order valence-corrected chi connectivity index (χ1v) is 7.72. The van der Waals surface area contributed by atoms with Crippen molar-refractivity contribution < 1.29 is 4.79 Å². The Bertz CT molecular complexity index is 618. The van der Waals surface area contributed by atoms with E-state index in [2.05, 4.69) is 41.8 Å². The van der Waals surface area contributed by atoms with Crippen molar-refractivity contribution in [2.24, 2.45) is 5.92 Å². The second kappa shape index (κ2) is 7.64. The van der Waals surface area contributed by atoms with Gasteiger partial charge in [-0.15, -0.1) is 0 Å². The lowest BCUT2D eigenvalue weighted by atomic mass is 10.1. The van der Waals surface area contributed by atoms with E-state index in [1.807, 2.05) is 38.1 Å². The molecule has 0 fully saturated rings. The fourth-order valence-electron chi connectivity index (χ4n) is 2.20. The summed E-state index contributed by atoms with van der Waals surface area (Å²) in [5, 5.41) is 6.32. The van der Waals surface area contributed by atoms with Crippen molar-refractivity contribution >= 4 is 17.3 Å². The summed E-state index contributed by atoms with van der Waals surface area (Å²) in [5.74, 6) is 0.425. The molecule has 116 valence electrons. The predicted molar refractivity (Wildman–Crippen MR) is 93.0 cm³/mol. The fraction of sp³-hybridized carbons (Fsp3) is 0.316. The third-order valence-corrected chi connectivity index (χ3v) is 3.36. The van der Waals surface area contributed by atoms with Gasteiger partial charge in [-0.1, -0.05) is 49.7 Å². The summed E-state index contributed by atoms with van der Waals surface area (Å²) in [7, 11) is 0. The van der Waals surface area contributed by atoms with Crippen molar-refractivity contribution in [2.75, 3.05) is 10.6 Å². The Kier molecular flexibility index (Phi) is 5.59. The molecule has 22 heavy (non-hydrogen) atoms. The zero-order chi connectivity index (χ0) is 15.9. The Balaban J connectivity index is 1.93. The van der Waals surface area contributed by atoms with Crippen molar-refractivity contribution in [1.82, 2.24) is 0 Å². The van der Waals surface area contributed by atoms with E-state index in [9.17, 15) is 4.79 Å². The normalized spacial score (nSPS) is 10.5. The van der Waals surface area contributed by atoms with Crippen LogP contribution in [0.2, 0.25) is 0 Å². The summed E-state index contributed by atoms with van der Waals surface area (Å²) in [6, 6.07) is 16.3. The number of carbonyl (C=O) groups is 1. The number of hydrogen-bond acceptors (Lipinski definition) is 2. The zero-order valence-electron chi connectivity index (χ0n) is 13.5. The zero-order valence-corrected chi connectivity index (χ0v) is 13.5. The molecule has 2 aromatic rings. The molecular weight excluding hydrogens is 272 g/mol. The van der Waals surface area contributed by atoms with Crippen LogP contribution in [0.4, 0.5) is 11.4 Å². The second-order valence-corrected chi connectivity index (χ2v) is 6.07. The van der Waals surface area contributed by atoms with Crippen molar-refractivity contribution in [3.63, 3.8) is 0 Å². The summed E-state index contributed by atoms with van der Waals surface area (Å²) in [5.41, 5.74) is 4.33. The van der Waals surface area contributed by atoms with Crippen LogP contribution in [0.1, 0.15) is 31.4 Å². The van der Waals surface area contributed by atoms with Crippen LogP contribution in [-0.2, 0) is 11.3 Å². The third kappa shape index (κ3) is 5.24. The molecule has 0 atom stereocenters. The number of aryl methyl sites for hydroxylation is 1. The van der Waals surface area contributed by atoms with Crippen LogP contribution in [0.25, 0.3) is 0 Å². The number of amides is 1. The molecule has 0 heterocycles. The van der Waals surface area contributed by atoms with Gasteiger partial charge in [-0.3, -0.25) is 4.79 Å². The highest BCUT2D eigenvalue weighted by molar-refractivity contribution is 5.91. The lowest BCUT2D eigenvalue weighted by molar-refractivity contribution is -0.116. The maximum Gasteiger partial charge on any atom is 0.224 e. The standard InChI is InChI=1S/C19H24N2O/c1-14(2)11-19(22)21-18-6-4-5-17(12-18)20-13-16-9-7-15(3)8-10-16/h4-10,12,14,20H,11,13H2,1-3H3,(H,21,22). The molecule has 0 spiro atoms. The van der Waals surface area contributed by atoms with Crippen molar-refractivity contribution in [1.29, 1.82) is 0 Å². The molecule has 1 amide bonds. The Morgan fingerprint density at radius 3 is 2.41 bits per heavy atom. The van der Waals surface area contributed by atoms with Gasteiger partial charge in [0.25, 0.3) is 0 Å². The minimum absolute atomic E-state index is 0.0608. The van der Waals surface area contributed by atoms with Gasteiger partial charge in [0.15, 0.2) is 0 Å². The Hall–Kier alpha value is -2.29. The first-order valence-electron chi connectivity index (χ1n) is 7.72.